The molecule has 1 N–H and O–H groups in total. The second-order valence-electron chi connectivity index (χ2n) is 8.26. The van der Waals surface area contributed by atoms with Gasteiger partial charge < -0.3 is 9.84 Å². The molecule has 1 atom stereocenters. The van der Waals surface area contributed by atoms with Crippen molar-refractivity contribution in [2.45, 2.75) is 37.8 Å². The van der Waals surface area contributed by atoms with Crippen molar-refractivity contribution in [3.8, 4) is 5.75 Å². The number of hydrogen-bond donors (Lipinski definition) is 1. The molecule has 5 rings (SSSR count). The summed E-state index contributed by atoms with van der Waals surface area (Å²) in [5, 5.41) is 18.2. The number of hydrogen-bond acceptors (Lipinski definition) is 5. The van der Waals surface area contributed by atoms with Crippen LogP contribution in [-0.2, 0) is 10.5 Å². The number of benzene rings is 2. The topological polar surface area (TPSA) is 68.4 Å². The van der Waals surface area contributed by atoms with Crippen molar-refractivity contribution in [2.75, 3.05) is 25.2 Å². The molecule has 168 valence electrons. The maximum atomic E-state index is 12.9. The van der Waals surface area contributed by atoms with Gasteiger partial charge in [-0.3, -0.25) is 9.37 Å². The van der Waals surface area contributed by atoms with E-state index in [0.29, 0.717) is 12.4 Å². The molecule has 0 radical (unpaired) electrons. The van der Waals surface area contributed by atoms with Crippen molar-refractivity contribution < 1.29 is 19.2 Å². The lowest BCUT2D eigenvalue weighted by Crippen LogP contribution is -2.50. The monoisotopic (exact) mass is 499 g/mol. The zero-order valence-corrected chi connectivity index (χ0v) is 19.8. The average Bonchev–Trinajstić information content (AvgIpc) is 3.22. The number of amidine groups is 2. The summed E-state index contributed by atoms with van der Waals surface area (Å²) in [5.74, 6) is 2.29. The van der Waals surface area contributed by atoms with Gasteiger partial charge >= 0.3 is 0 Å². The molecule has 2 aromatic rings. The van der Waals surface area contributed by atoms with Crippen LogP contribution in [0.1, 0.15) is 37.7 Å². The Hall–Kier alpha value is -2.71. The highest BCUT2D eigenvalue weighted by atomic mass is 79.9. The van der Waals surface area contributed by atoms with E-state index in [9.17, 15) is 9.90 Å². The first-order valence-corrected chi connectivity index (χ1v) is 10.8. The zero-order chi connectivity index (χ0) is 21.4. The highest BCUT2D eigenvalue weighted by Gasteiger charge is 2.57. The van der Waals surface area contributed by atoms with Crippen molar-refractivity contribution in [1.82, 2.24) is 4.90 Å². The molecule has 3 aliphatic rings. The minimum Gasteiger partial charge on any atom is -0.497 e. The first-order chi connectivity index (χ1) is 15.1. The number of amides is 1. The highest BCUT2D eigenvalue weighted by molar-refractivity contribution is 8.93. The molecule has 0 fully saturated rings. The van der Waals surface area contributed by atoms with E-state index in [0.717, 1.165) is 55.1 Å². The van der Waals surface area contributed by atoms with Crippen LogP contribution in [0.25, 0.3) is 0 Å². The van der Waals surface area contributed by atoms with E-state index in [1.807, 2.05) is 59.5 Å². The molecule has 32 heavy (non-hydrogen) atoms. The third kappa shape index (κ3) is 3.82. The zero-order valence-electron chi connectivity index (χ0n) is 18.1. The summed E-state index contributed by atoms with van der Waals surface area (Å²) in [6.07, 6.45) is 4.33. The van der Waals surface area contributed by atoms with Crippen LogP contribution in [-0.4, -0.2) is 52.4 Å². The standard InChI is InChI=1S/C24H27N4O3.BrH/c1-31-20-13-11-18(12-14-20)24(30)17-26-15-7-3-6-10-22(26)27(24)21-16-23(29)28(25-21)19-8-4-2-5-9-19;/h2,4-5,8-9,11-14,30H,3,6-7,10,15-17H2,1H3;1H/q+1;. The molecule has 2 aromatic carbocycles. The van der Waals surface area contributed by atoms with E-state index in [1.165, 1.54) is 5.01 Å². The molecule has 0 aliphatic carbocycles. The molecule has 0 saturated carbocycles. The van der Waals surface area contributed by atoms with Crippen molar-refractivity contribution >= 4 is 40.2 Å². The Morgan fingerprint density at radius 3 is 2.53 bits per heavy atom. The Balaban J connectivity index is 0.00000245. The van der Waals surface area contributed by atoms with Crippen LogP contribution < -0.4 is 9.75 Å². The molecule has 1 amide bonds. The summed E-state index contributed by atoms with van der Waals surface area (Å²) in [4.78, 5) is 14.8. The maximum Gasteiger partial charge on any atom is 0.276 e. The third-order valence-electron chi connectivity index (χ3n) is 6.31. The fourth-order valence-corrected chi connectivity index (χ4v) is 4.78. The van der Waals surface area contributed by atoms with Gasteiger partial charge in [0.15, 0.2) is 6.54 Å². The smallest absolute Gasteiger partial charge is 0.276 e. The predicted molar refractivity (Wildman–Crippen MR) is 129 cm³/mol. The number of para-hydroxylation sites is 1. The number of anilines is 1. The number of hydrazone groups is 1. The van der Waals surface area contributed by atoms with Gasteiger partial charge in [0.2, 0.25) is 5.84 Å². The SMILES string of the molecule is Br.COc1ccc(C2(O)C[N+]3=C(CCCCC3)N2C2=NN(c3ccccc3)C(=O)C2)cc1. The Bertz CT molecular complexity index is 1050. The van der Waals surface area contributed by atoms with Gasteiger partial charge in [-0.2, -0.15) is 9.91 Å². The molecule has 1 unspecified atom stereocenters. The molecule has 8 heteroatoms. The van der Waals surface area contributed by atoms with Gasteiger partial charge in [0, 0.05) is 12.0 Å². The summed E-state index contributed by atoms with van der Waals surface area (Å²) in [6.45, 7) is 1.35. The van der Waals surface area contributed by atoms with Crippen LogP contribution in [0.4, 0.5) is 5.69 Å². The number of rotatable bonds is 3. The van der Waals surface area contributed by atoms with Gasteiger partial charge in [0.1, 0.15) is 12.2 Å². The van der Waals surface area contributed by atoms with Gasteiger partial charge in [0.25, 0.3) is 17.5 Å². The Labute approximate surface area is 198 Å². The lowest BCUT2D eigenvalue weighted by Gasteiger charge is -2.28. The molecule has 7 nitrogen and oxygen atoms in total. The minimum absolute atomic E-state index is 0. The normalized spacial score (nSPS) is 22.9. The Morgan fingerprint density at radius 1 is 1.06 bits per heavy atom. The lowest BCUT2D eigenvalue weighted by atomic mass is 10.00. The van der Waals surface area contributed by atoms with Crippen molar-refractivity contribution in [1.29, 1.82) is 0 Å². The molecule has 0 saturated heterocycles. The fourth-order valence-electron chi connectivity index (χ4n) is 4.78. The molecular weight excluding hydrogens is 472 g/mol. The van der Waals surface area contributed by atoms with E-state index in [-0.39, 0.29) is 29.3 Å². The van der Waals surface area contributed by atoms with Gasteiger partial charge in [-0.05, 0) is 55.7 Å². The number of ether oxygens (including phenoxy) is 1. The number of aliphatic hydroxyl groups is 1. The number of halogens is 1. The van der Waals surface area contributed by atoms with E-state index >= 15 is 0 Å². The fraction of sp³-hybridized carbons (Fsp3) is 0.375. The van der Waals surface area contributed by atoms with E-state index in [2.05, 4.69) is 4.58 Å². The second-order valence-corrected chi connectivity index (χ2v) is 8.26. The minimum atomic E-state index is -1.29. The van der Waals surface area contributed by atoms with E-state index in [1.54, 1.807) is 7.11 Å². The predicted octanol–water partition coefficient (Wildman–Crippen LogP) is 3.47. The lowest BCUT2D eigenvalue weighted by molar-refractivity contribution is -0.534. The van der Waals surface area contributed by atoms with Crippen LogP contribution in [0, 0.1) is 0 Å². The average molecular weight is 500 g/mol. The van der Waals surface area contributed by atoms with Crippen LogP contribution in [0.2, 0.25) is 0 Å². The quantitative estimate of drug-likeness (QED) is 0.656. The first kappa shape index (κ1) is 22.5. The van der Waals surface area contributed by atoms with Gasteiger partial charge in [0.05, 0.1) is 19.3 Å². The number of methoxy groups -OCH3 is 1. The molecule has 0 spiro atoms. The summed E-state index contributed by atoms with van der Waals surface area (Å²) in [6, 6.07) is 16.9. The highest BCUT2D eigenvalue weighted by Crippen LogP contribution is 2.37. The molecule has 0 aromatic heterocycles. The van der Waals surface area contributed by atoms with E-state index in [4.69, 9.17) is 9.84 Å². The van der Waals surface area contributed by atoms with Crippen LogP contribution in [0.15, 0.2) is 59.7 Å². The second kappa shape index (κ2) is 9.03. The maximum absolute atomic E-state index is 12.9. The number of carbonyl (C=O) groups is 1. The van der Waals surface area contributed by atoms with E-state index < -0.39 is 5.72 Å². The summed E-state index contributed by atoms with van der Waals surface area (Å²) < 4.78 is 7.55. The van der Waals surface area contributed by atoms with Crippen molar-refractivity contribution in [2.24, 2.45) is 5.10 Å². The Kier molecular flexibility index (Phi) is 6.35. The summed E-state index contributed by atoms with van der Waals surface area (Å²) in [5.41, 5.74) is 0.213. The Morgan fingerprint density at radius 2 is 1.81 bits per heavy atom. The first-order valence-electron chi connectivity index (χ1n) is 10.8. The number of nitrogens with zero attached hydrogens (tertiary/aromatic N) is 4. The summed E-state index contributed by atoms with van der Waals surface area (Å²) >= 11 is 0. The van der Waals surface area contributed by atoms with Gasteiger partial charge in [-0.25, -0.2) is 0 Å². The van der Waals surface area contributed by atoms with Gasteiger partial charge in [-0.15, -0.1) is 22.1 Å². The number of carbonyl (C=O) groups excluding carboxylic acids is 1. The molecule has 3 heterocycles. The molecule has 0 bridgehead atoms. The van der Waals surface area contributed by atoms with Gasteiger partial charge in [-0.1, -0.05) is 18.2 Å². The van der Waals surface area contributed by atoms with Crippen LogP contribution in [0.3, 0.4) is 0 Å². The third-order valence-corrected chi connectivity index (χ3v) is 6.31. The molecule has 3 aliphatic heterocycles. The summed E-state index contributed by atoms with van der Waals surface area (Å²) in [7, 11) is 1.63. The van der Waals surface area contributed by atoms with Crippen LogP contribution in [0.5, 0.6) is 5.75 Å². The van der Waals surface area contributed by atoms with Crippen molar-refractivity contribution in [3.05, 3.63) is 60.2 Å². The van der Waals surface area contributed by atoms with Crippen molar-refractivity contribution in [3.63, 3.8) is 0 Å². The van der Waals surface area contributed by atoms with Crippen LogP contribution >= 0.6 is 17.0 Å². The largest absolute Gasteiger partial charge is 0.497 e. The molecular formula is C24H28BrN4O3+.